The van der Waals surface area contributed by atoms with Gasteiger partial charge in [-0.1, -0.05) is 30.3 Å². The van der Waals surface area contributed by atoms with Gasteiger partial charge in [-0.2, -0.15) is 0 Å². The van der Waals surface area contributed by atoms with Crippen LogP contribution in [0.4, 0.5) is 4.79 Å². The van der Waals surface area contributed by atoms with Crippen molar-refractivity contribution in [3.05, 3.63) is 35.9 Å². The van der Waals surface area contributed by atoms with Crippen LogP contribution >= 0.6 is 15.0 Å². The summed E-state index contributed by atoms with van der Waals surface area (Å²) in [6, 6.07) is 8.89. The minimum Gasteiger partial charge on any atom is -0.344 e. The Hall–Kier alpha value is -0.970. The Labute approximate surface area is 116 Å². The summed E-state index contributed by atoms with van der Waals surface area (Å²) in [4.78, 5) is 38.4. The third kappa shape index (κ3) is 6.46. The maximum atomic E-state index is 11.7. The van der Waals surface area contributed by atoms with E-state index in [-0.39, 0.29) is 13.0 Å². The Morgan fingerprint density at radius 3 is 2.20 bits per heavy atom. The molecule has 0 spiro atoms. The highest BCUT2D eigenvalue weighted by molar-refractivity contribution is 7.75. The normalized spacial score (nSPS) is 14.6. The first kappa shape index (κ1) is 17.1. The predicted molar refractivity (Wildman–Crippen MR) is 74.9 cm³/mol. The third-order valence-corrected chi connectivity index (χ3v) is 5.13. The largest absolute Gasteiger partial charge is 0.344 e. The second-order valence-electron chi connectivity index (χ2n) is 4.31. The number of carbonyl (C=O) groups is 1. The molecule has 20 heavy (non-hydrogen) atoms. The van der Waals surface area contributed by atoms with Crippen LogP contribution in [0.5, 0.6) is 0 Å². The van der Waals surface area contributed by atoms with E-state index in [0.717, 1.165) is 5.56 Å². The molecule has 1 unspecified atom stereocenters. The van der Waals surface area contributed by atoms with Gasteiger partial charge in [-0.15, -0.1) is 0 Å². The van der Waals surface area contributed by atoms with Gasteiger partial charge < -0.3 is 20.0 Å². The zero-order valence-electron chi connectivity index (χ0n) is 10.7. The summed E-state index contributed by atoms with van der Waals surface area (Å²) in [6.45, 7) is 0.128. The van der Waals surface area contributed by atoms with Crippen molar-refractivity contribution in [2.75, 3.05) is 12.3 Å². The van der Waals surface area contributed by atoms with Gasteiger partial charge in [-0.05, 0) is 12.0 Å². The van der Waals surface area contributed by atoms with Gasteiger partial charge in [0.25, 0.3) is 7.37 Å². The molecule has 4 N–H and O–H groups in total. The molecule has 112 valence electrons. The van der Waals surface area contributed by atoms with E-state index >= 15 is 0 Å². The zero-order chi connectivity index (χ0) is 15.2. The van der Waals surface area contributed by atoms with Crippen LogP contribution in [0.1, 0.15) is 12.0 Å². The van der Waals surface area contributed by atoms with Crippen LogP contribution in [0.3, 0.4) is 0 Å². The van der Waals surface area contributed by atoms with Gasteiger partial charge in [0.1, 0.15) is 0 Å². The molecule has 7 nitrogen and oxygen atoms in total. The zero-order valence-corrected chi connectivity index (χ0v) is 12.5. The van der Waals surface area contributed by atoms with Crippen molar-refractivity contribution >= 4 is 20.6 Å². The molecule has 1 aromatic carbocycles. The summed E-state index contributed by atoms with van der Waals surface area (Å²) in [5.74, 6) is 0. The van der Waals surface area contributed by atoms with Crippen molar-refractivity contribution < 1.29 is 28.6 Å². The van der Waals surface area contributed by atoms with Crippen molar-refractivity contribution in [2.45, 2.75) is 13.0 Å². The highest BCUT2D eigenvalue weighted by atomic mass is 31.2. The van der Waals surface area contributed by atoms with Gasteiger partial charge in [0.15, 0.2) is 0 Å². The molecule has 1 atom stereocenters. The average molecular weight is 321 g/mol. The molecule has 0 radical (unpaired) electrons. The summed E-state index contributed by atoms with van der Waals surface area (Å²) in [6.07, 6.45) is -1.14. The number of benzene rings is 1. The van der Waals surface area contributed by atoms with E-state index in [1.54, 1.807) is 24.3 Å². The molecule has 0 aliphatic rings. The first-order valence-corrected chi connectivity index (χ1v) is 9.54. The quantitative estimate of drug-likeness (QED) is 0.567. The van der Waals surface area contributed by atoms with E-state index in [4.69, 9.17) is 9.79 Å². The minimum atomic E-state index is -4.21. The minimum absolute atomic E-state index is 0.128. The Morgan fingerprint density at radius 1 is 1.05 bits per heavy atom. The molecule has 0 saturated carbocycles. The molecular formula is C11H17NO6P2. The summed E-state index contributed by atoms with van der Waals surface area (Å²) in [5, 5.41) is 2.34. The van der Waals surface area contributed by atoms with Crippen LogP contribution in [0.2, 0.25) is 0 Å². The molecule has 0 aromatic heterocycles. The molecule has 9 heteroatoms. The van der Waals surface area contributed by atoms with E-state index in [2.05, 4.69) is 5.32 Å². The lowest BCUT2D eigenvalue weighted by molar-refractivity contribution is 0.255. The van der Waals surface area contributed by atoms with Gasteiger partial charge in [0, 0.05) is 12.7 Å². The molecule has 0 aliphatic carbocycles. The van der Waals surface area contributed by atoms with Crippen molar-refractivity contribution in [1.82, 2.24) is 5.32 Å². The van der Waals surface area contributed by atoms with Gasteiger partial charge >= 0.3 is 13.2 Å². The number of hydrogen-bond acceptors (Lipinski definition) is 3. The fourth-order valence-corrected chi connectivity index (χ4v) is 3.43. The Kier molecular flexibility index (Phi) is 6.11. The monoisotopic (exact) mass is 321 g/mol. The molecule has 1 amide bonds. The van der Waals surface area contributed by atoms with E-state index in [1.165, 1.54) is 0 Å². The molecule has 1 aromatic rings. The summed E-state index contributed by atoms with van der Waals surface area (Å²) in [7, 11) is -8.31. The highest BCUT2D eigenvalue weighted by Gasteiger charge is 2.29. The Balaban J connectivity index is 2.44. The second-order valence-corrected chi connectivity index (χ2v) is 8.34. The standard InChI is InChI=1S/C11H17NO6P2/c13-11(12-9-10-5-2-1-3-6-10)19(14,15)7-4-8-20(16,17)18/h1-3,5-6H,4,7-9H2,(H,12,13)(H,14,15)(H2,16,17,18). The summed E-state index contributed by atoms with van der Waals surface area (Å²) < 4.78 is 22.3. The SMILES string of the molecule is O=C(NCc1ccccc1)P(=O)(O)CCCP(=O)(O)O. The Bertz CT molecular complexity index is 541. The van der Waals surface area contributed by atoms with Crippen molar-refractivity contribution in [2.24, 2.45) is 0 Å². The number of carbonyl (C=O) groups excluding carboxylic acids is 1. The maximum Gasteiger partial charge on any atom is 0.325 e. The molecule has 1 rings (SSSR count). The predicted octanol–water partition coefficient (Wildman–Crippen LogP) is 1.73. The molecular weight excluding hydrogens is 304 g/mol. The van der Waals surface area contributed by atoms with Crippen molar-refractivity contribution in [1.29, 1.82) is 0 Å². The first-order valence-electron chi connectivity index (χ1n) is 5.89. The molecule has 0 bridgehead atoms. The van der Waals surface area contributed by atoms with Crippen LogP contribution < -0.4 is 5.32 Å². The van der Waals surface area contributed by atoms with Crippen LogP contribution in [-0.2, 0) is 15.7 Å². The summed E-state index contributed by atoms with van der Waals surface area (Å²) in [5.41, 5.74) is -0.205. The number of hydrogen-bond donors (Lipinski definition) is 4. The van der Waals surface area contributed by atoms with E-state index in [9.17, 15) is 18.8 Å². The lowest BCUT2D eigenvalue weighted by Crippen LogP contribution is -2.22. The van der Waals surface area contributed by atoms with Crippen molar-refractivity contribution in [3.63, 3.8) is 0 Å². The fourth-order valence-electron chi connectivity index (χ4n) is 1.49. The smallest absolute Gasteiger partial charge is 0.325 e. The van der Waals surface area contributed by atoms with Crippen LogP contribution in [0.15, 0.2) is 30.3 Å². The van der Waals surface area contributed by atoms with E-state index in [0.29, 0.717) is 0 Å². The number of amides is 1. The molecule has 0 fully saturated rings. The van der Waals surface area contributed by atoms with Gasteiger partial charge in [0.2, 0.25) is 0 Å². The first-order chi connectivity index (χ1) is 9.21. The maximum absolute atomic E-state index is 11.7. The topological polar surface area (TPSA) is 124 Å². The second kappa shape index (κ2) is 7.16. The van der Waals surface area contributed by atoms with E-state index < -0.39 is 32.9 Å². The van der Waals surface area contributed by atoms with Crippen molar-refractivity contribution in [3.8, 4) is 0 Å². The van der Waals surface area contributed by atoms with Crippen LogP contribution in [-0.4, -0.2) is 32.7 Å². The number of rotatable bonds is 7. The lowest BCUT2D eigenvalue weighted by Gasteiger charge is -2.12. The summed E-state index contributed by atoms with van der Waals surface area (Å²) >= 11 is 0. The van der Waals surface area contributed by atoms with Gasteiger partial charge in [-0.3, -0.25) is 13.9 Å². The molecule has 0 heterocycles. The molecule has 0 aliphatic heterocycles. The van der Waals surface area contributed by atoms with Crippen LogP contribution in [0, 0.1) is 0 Å². The fraction of sp³-hybridized carbons (Fsp3) is 0.364. The third-order valence-electron chi connectivity index (χ3n) is 2.51. The Morgan fingerprint density at radius 2 is 1.65 bits per heavy atom. The average Bonchev–Trinajstić information content (AvgIpc) is 2.35. The van der Waals surface area contributed by atoms with E-state index in [1.807, 2.05) is 6.07 Å². The van der Waals surface area contributed by atoms with Gasteiger partial charge in [0.05, 0.1) is 6.16 Å². The molecule has 0 saturated heterocycles. The van der Waals surface area contributed by atoms with Crippen LogP contribution in [0.25, 0.3) is 0 Å². The lowest BCUT2D eigenvalue weighted by atomic mass is 10.2. The van der Waals surface area contributed by atoms with Gasteiger partial charge in [-0.25, -0.2) is 0 Å². The number of nitrogens with one attached hydrogen (secondary N) is 1. The highest BCUT2D eigenvalue weighted by Crippen LogP contribution is 2.44.